The lowest BCUT2D eigenvalue weighted by Crippen LogP contribution is -2.13. The van der Waals surface area contributed by atoms with Gasteiger partial charge in [-0.2, -0.15) is 0 Å². The Bertz CT molecular complexity index is 489. The molecule has 4 heteroatoms. The number of rotatable bonds is 6. The Balaban J connectivity index is 3.15. The number of carbonyl (C=O) groups excluding carboxylic acids is 2. The average molecular weight is 262 g/mol. The fraction of sp³-hybridized carbons (Fsp3) is 0.333. The van der Waals surface area contributed by atoms with Crippen LogP contribution in [-0.4, -0.2) is 25.0 Å². The molecule has 0 saturated carbocycles. The van der Waals surface area contributed by atoms with E-state index in [9.17, 15) is 9.59 Å². The molecule has 0 spiro atoms. The highest BCUT2D eigenvalue weighted by Crippen LogP contribution is 2.21. The Hall–Kier alpha value is -2.10. The zero-order valence-electron chi connectivity index (χ0n) is 11.4. The first-order valence-corrected chi connectivity index (χ1v) is 6.21. The number of benzene rings is 1. The van der Waals surface area contributed by atoms with Gasteiger partial charge in [0.2, 0.25) is 0 Å². The van der Waals surface area contributed by atoms with E-state index in [0.29, 0.717) is 17.9 Å². The second-order valence-electron chi connectivity index (χ2n) is 3.81. The fourth-order valence-electron chi connectivity index (χ4n) is 1.56. The van der Waals surface area contributed by atoms with E-state index in [4.69, 9.17) is 9.47 Å². The van der Waals surface area contributed by atoms with Gasteiger partial charge in [-0.1, -0.05) is 18.2 Å². The highest BCUT2D eigenvalue weighted by atomic mass is 16.5. The van der Waals surface area contributed by atoms with Crippen LogP contribution in [0.15, 0.2) is 29.8 Å². The van der Waals surface area contributed by atoms with Crippen molar-refractivity contribution in [3.63, 3.8) is 0 Å². The predicted octanol–water partition coefficient (Wildman–Crippen LogP) is 2.62. The van der Waals surface area contributed by atoms with Gasteiger partial charge in [0.1, 0.15) is 11.3 Å². The van der Waals surface area contributed by atoms with Crippen molar-refractivity contribution in [2.45, 2.75) is 20.8 Å². The van der Waals surface area contributed by atoms with Gasteiger partial charge in [-0.3, -0.25) is 4.79 Å². The molecule has 0 amide bonds. The van der Waals surface area contributed by atoms with E-state index in [1.165, 1.54) is 13.0 Å². The molecule has 1 rings (SSSR count). The lowest BCUT2D eigenvalue weighted by atomic mass is 10.1. The topological polar surface area (TPSA) is 52.6 Å². The third-order valence-electron chi connectivity index (χ3n) is 2.39. The number of ketones is 1. The van der Waals surface area contributed by atoms with Gasteiger partial charge in [0, 0.05) is 5.56 Å². The quantitative estimate of drug-likeness (QED) is 0.342. The van der Waals surface area contributed by atoms with Crippen molar-refractivity contribution in [3.8, 4) is 5.75 Å². The van der Waals surface area contributed by atoms with Crippen LogP contribution in [0.1, 0.15) is 26.3 Å². The third kappa shape index (κ3) is 4.25. The Kier molecular flexibility index (Phi) is 5.79. The minimum atomic E-state index is -0.610. The molecule has 1 aromatic carbocycles. The molecule has 0 heterocycles. The molecule has 0 saturated heterocycles. The van der Waals surface area contributed by atoms with Crippen LogP contribution in [-0.2, 0) is 14.3 Å². The Labute approximate surface area is 113 Å². The summed E-state index contributed by atoms with van der Waals surface area (Å²) in [7, 11) is 0. The average Bonchev–Trinajstić information content (AvgIpc) is 2.37. The number of hydrogen-bond acceptors (Lipinski definition) is 4. The standard InChI is InChI=1S/C15H18O4/c1-4-18-14-9-7-6-8-12(14)10-13(11(3)16)15(17)19-5-2/h6-10H,4-5H2,1-3H3/b13-10+. The van der Waals surface area contributed by atoms with E-state index in [2.05, 4.69) is 0 Å². The van der Waals surface area contributed by atoms with E-state index in [0.717, 1.165) is 0 Å². The molecular formula is C15H18O4. The molecule has 4 nitrogen and oxygen atoms in total. The normalized spacial score (nSPS) is 11.0. The second-order valence-corrected chi connectivity index (χ2v) is 3.81. The van der Waals surface area contributed by atoms with Crippen LogP contribution in [0.5, 0.6) is 5.75 Å². The van der Waals surface area contributed by atoms with Crippen LogP contribution in [0.25, 0.3) is 6.08 Å². The number of ether oxygens (including phenoxy) is 2. The monoisotopic (exact) mass is 262 g/mol. The van der Waals surface area contributed by atoms with Crippen LogP contribution in [0.2, 0.25) is 0 Å². The SMILES string of the molecule is CCOC(=O)/C(=C/c1ccccc1OCC)C(C)=O. The first-order chi connectivity index (χ1) is 9.10. The summed E-state index contributed by atoms with van der Waals surface area (Å²) in [4.78, 5) is 23.2. The van der Waals surface area contributed by atoms with Crippen LogP contribution >= 0.6 is 0 Å². The number of hydrogen-bond donors (Lipinski definition) is 0. The molecule has 19 heavy (non-hydrogen) atoms. The third-order valence-corrected chi connectivity index (χ3v) is 2.39. The van der Waals surface area contributed by atoms with Gasteiger partial charge in [-0.25, -0.2) is 4.79 Å². The predicted molar refractivity (Wildman–Crippen MR) is 72.9 cm³/mol. The molecule has 0 unspecified atom stereocenters. The van der Waals surface area contributed by atoms with Gasteiger partial charge in [0.25, 0.3) is 0 Å². The van der Waals surface area contributed by atoms with Gasteiger partial charge >= 0.3 is 5.97 Å². The van der Waals surface area contributed by atoms with Crippen LogP contribution < -0.4 is 4.74 Å². The maximum atomic E-state index is 11.7. The van der Waals surface area contributed by atoms with Gasteiger partial charge < -0.3 is 9.47 Å². The lowest BCUT2D eigenvalue weighted by molar-refractivity contribution is -0.139. The van der Waals surface area contributed by atoms with Crippen molar-refractivity contribution in [1.82, 2.24) is 0 Å². The van der Waals surface area contributed by atoms with Crippen LogP contribution in [0.3, 0.4) is 0 Å². The number of carbonyl (C=O) groups is 2. The summed E-state index contributed by atoms with van der Waals surface area (Å²) in [5.41, 5.74) is 0.705. The first-order valence-electron chi connectivity index (χ1n) is 6.21. The number of Topliss-reactive ketones (excluding diaryl/α,β-unsaturated/α-hetero) is 1. The largest absolute Gasteiger partial charge is 0.493 e. The number of esters is 1. The zero-order valence-corrected chi connectivity index (χ0v) is 11.4. The van der Waals surface area contributed by atoms with E-state index in [-0.39, 0.29) is 18.0 Å². The molecule has 0 radical (unpaired) electrons. The fourth-order valence-corrected chi connectivity index (χ4v) is 1.56. The van der Waals surface area contributed by atoms with Crippen molar-refractivity contribution in [3.05, 3.63) is 35.4 Å². The maximum Gasteiger partial charge on any atom is 0.341 e. The molecule has 0 atom stereocenters. The highest BCUT2D eigenvalue weighted by molar-refractivity contribution is 6.19. The smallest absolute Gasteiger partial charge is 0.341 e. The molecule has 0 fully saturated rings. The van der Waals surface area contributed by atoms with Crippen molar-refractivity contribution in [2.24, 2.45) is 0 Å². The van der Waals surface area contributed by atoms with Gasteiger partial charge in [-0.15, -0.1) is 0 Å². The summed E-state index contributed by atoms with van der Waals surface area (Å²) in [6, 6.07) is 7.23. The van der Waals surface area contributed by atoms with Crippen molar-refractivity contribution in [2.75, 3.05) is 13.2 Å². The van der Waals surface area contributed by atoms with Crippen molar-refractivity contribution < 1.29 is 19.1 Å². The highest BCUT2D eigenvalue weighted by Gasteiger charge is 2.16. The molecular weight excluding hydrogens is 244 g/mol. The zero-order chi connectivity index (χ0) is 14.3. The maximum absolute atomic E-state index is 11.7. The van der Waals surface area contributed by atoms with Crippen LogP contribution in [0, 0.1) is 0 Å². The van der Waals surface area contributed by atoms with E-state index in [1.54, 1.807) is 19.1 Å². The first kappa shape index (κ1) is 15.0. The summed E-state index contributed by atoms with van der Waals surface area (Å²) >= 11 is 0. The second kappa shape index (κ2) is 7.36. The van der Waals surface area contributed by atoms with E-state index in [1.807, 2.05) is 19.1 Å². The molecule has 0 bridgehead atoms. The van der Waals surface area contributed by atoms with Crippen molar-refractivity contribution in [1.29, 1.82) is 0 Å². The molecule has 1 aromatic rings. The minimum Gasteiger partial charge on any atom is -0.493 e. The molecule has 0 aliphatic heterocycles. The summed E-state index contributed by atoms with van der Waals surface area (Å²) < 4.78 is 10.3. The molecule has 102 valence electrons. The van der Waals surface area contributed by atoms with E-state index < -0.39 is 5.97 Å². The van der Waals surface area contributed by atoms with Gasteiger partial charge in [0.15, 0.2) is 5.78 Å². The van der Waals surface area contributed by atoms with E-state index >= 15 is 0 Å². The van der Waals surface area contributed by atoms with Gasteiger partial charge in [-0.05, 0) is 32.9 Å². The number of para-hydroxylation sites is 1. The summed E-state index contributed by atoms with van der Waals surface area (Å²) in [6.07, 6.45) is 1.51. The molecule has 0 aliphatic carbocycles. The Morgan fingerprint density at radius 2 is 1.84 bits per heavy atom. The van der Waals surface area contributed by atoms with Crippen LogP contribution in [0.4, 0.5) is 0 Å². The minimum absolute atomic E-state index is 0.0222. The summed E-state index contributed by atoms with van der Waals surface area (Å²) in [5.74, 6) is -0.306. The lowest BCUT2D eigenvalue weighted by Gasteiger charge is -2.08. The molecule has 0 N–H and O–H groups in total. The summed E-state index contributed by atoms with van der Waals surface area (Å²) in [6.45, 7) is 5.66. The van der Waals surface area contributed by atoms with Gasteiger partial charge in [0.05, 0.1) is 13.2 Å². The Morgan fingerprint density at radius 1 is 1.16 bits per heavy atom. The Morgan fingerprint density at radius 3 is 2.42 bits per heavy atom. The summed E-state index contributed by atoms with van der Waals surface area (Å²) in [5, 5.41) is 0. The molecule has 0 aliphatic rings. The van der Waals surface area contributed by atoms with Crippen molar-refractivity contribution >= 4 is 17.8 Å². The molecule has 0 aromatic heterocycles.